The molecule has 27 heavy (non-hydrogen) atoms. The molecule has 136 valence electrons. The second-order valence-corrected chi connectivity index (χ2v) is 6.62. The predicted molar refractivity (Wildman–Crippen MR) is 101 cm³/mol. The first kappa shape index (κ1) is 17.0. The van der Waals surface area contributed by atoms with Crippen LogP contribution < -0.4 is 5.43 Å². The van der Waals surface area contributed by atoms with Crippen molar-refractivity contribution >= 4 is 5.91 Å². The van der Waals surface area contributed by atoms with Crippen LogP contribution in [0.15, 0.2) is 71.7 Å². The fourth-order valence-electron chi connectivity index (χ4n) is 3.54. The van der Waals surface area contributed by atoms with Gasteiger partial charge in [-0.3, -0.25) is 9.59 Å². The Morgan fingerprint density at radius 1 is 1.04 bits per heavy atom. The maximum absolute atomic E-state index is 13.1. The minimum absolute atomic E-state index is 0.0645. The van der Waals surface area contributed by atoms with E-state index < -0.39 is 17.1 Å². The summed E-state index contributed by atoms with van der Waals surface area (Å²) in [5.41, 5.74) is 1.21. The smallest absolute Gasteiger partial charge is 0.276 e. The quantitative estimate of drug-likeness (QED) is 0.778. The van der Waals surface area contributed by atoms with E-state index in [0.717, 1.165) is 17.3 Å². The highest BCUT2D eigenvalue weighted by Gasteiger charge is 2.37. The van der Waals surface area contributed by atoms with E-state index in [2.05, 4.69) is 5.10 Å². The molecule has 2 heterocycles. The lowest BCUT2D eigenvalue weighted by molar-refractivity contribution is 0.0586. The molecule has 1 amide bonds. The zero-order chi connectivity index (χ0) is 19.0. The molecule has 4 rings (SSSR count). The molecular weight excluding hydrogens is 342 g/mol. The maximum atomic E-state index is 13.1. The van der Waals surface area contributed by atoms with Gasteiger partial charge in [0.25, 0.3) is 5.91 Å². The van der Waals surface area contributed by atoms with Gasteiger partial charge >= 0.3 is 0 Å². The van der Waals surface area contributed by atoms with Crippen LogP contribution in [0.5, 0.6) is 5.75 Å². The van der Waals surface area contributed by atoms with Gasteiger partial charge in [0.2, 0.25) is 5.43 Å². The van der Waals surface area contributed by atoms with Crippen LogP contribution in [-0.2, 0) is 0 Å². The third-order valence-corrected chi connectivity index (χ3v) is 5.05. The second-order valence-electron chi connectivity index (χ2n) is 6.62. The summed E-state index contributed by atoms with van der Waals surface area (Å²) in [5.74, 6) is -0.956. The molecule has 1 aromatic heterocycles. The van der Waals surface area contributed by atoms with Gasteiger partial charge in [-0.25, -0.2) is 4.68 Å². The third-order valence-electron chi connectivity index (χ3n) is 5.05. The van der Waals surface area contributed by atoms with Gasteiger partial charge in [0, 0.05) is 6.54 Å². The highest BCUT2D eigenvalue weighted by Crippen LogP contribution is 2.33. The molecule has 0 spiro atoms. The minimum atomic E-state index is -0.657. The van der Waals surface area contributed by atoms with Gasteiger partial charge in [-0.2, -0.15) is 5.10 Å². The summed E-state index contributed by atoms with van der Waals surface area (Å²) in [5, 5.41) is 14.5. The van der Waals surface area contributed by atoms with Crippen LogP contribution in [-0.4, -0.2) is 32.2 Å². The third kappa shape index (κ3) is 2.89. The number of nitrogens with zero attached hydrogens (tertiary/aromatic N) is 3. The van der Waals surface area contributed by atoms with Crippen molar-refractivity contribution in [2.24, 2.45) is 0 Å². The lowest BCUT2D eigenvalue weighted by Gasteiger charge is -2.38. The van der Waals surface area contributed by atoms with E-state index in [9.17, 15) is 14.7 Å². The summed E-state index contributed by atoms with van der Waals surface area (Å²) in [4.78, 5) is 26.8. The Hall–Kier alpha value is -3.41. The molecular formula is C21H19N3O3. The number of carbonyl (C=O) groups excluding carboxylic acids is 1. The summed E-state index contributed by atoms with van der Waals surface area (Å²) < 4.78 is 1.46. The summed E-state index contributed by atoms with van der Waals surface area (Å²) in [7, 11) is 0. The van der Waals surface area contributed by atoms with Gasteiger partial charge < -0.3 is 10.0 Å². The standard InChI is InChI=1S/C21H19N3O3/c1-14(15-8-4-2-5-9-15)23-13-17(16-10-6-3-7-11-16)24-19(21(23)27)20(26)18(25)12-22-24/h2-12,14,17,26H,13H2,1H3/t14-,17-/m0/s1. The number of hydrogen-bond acceptors (Lipinski definition) is 4. The van der Waals surface area contributed by atoms with Crippen LogP contribution in [0.1, 0.15) is 40.6 Å². The molecule has 6 heteroatoms. The molecule has 0 saturated heterocycles. The lowest BCUT2D eigenvalue weighted by Crippen LogP contribution is -2.46. The van der Waals surface area contributed by atoms with Crippen molar-refractivity contribution in [1.82, 2.24) is 14.7 Å². The SMILES string of the molecule is C[C@@H](c1ccccc1)N1C[C@@H](c2ccccc2)n2ncc(=O)c(O)c2C1=O. The number of carbonyl (C=O) groups is 1. The van der Waals surface area contributed by atoms with Gasteiger partial charge in [-0.1, -0.05) is 60.7 Å². The van der Waals surface area contributed by atoms with Crippen molar-refractivity contribution in [2.45, 2.75) is 19.0 Å². The number of amides is 1. The van der Waals surface area contributed by atoms with Crippen molar-refractivity contribution in [3.63, 3.8) is 0 Å². The summed E-state index contributed by atoms with van der Waals surface area (Å²) >= 11 is 0. The van der Waals surface area contributed by atoms with Gasteiger partial charge in [0.05, 0.1) is 18.3 Å². The molecule has 1 aliphatic heterocycles. The van der Waals surface area contributed by atoms with E-state index in [0.29, 0.717) is 6.54 Å². The normalized spacial score (nSPS) is 17.4. The zero-order valence-electron chi connectivity index (χ0n) is 14.8. The lowest BCUT2D eigenvalue weighted by atomic mass is 9.99. The van der Waals surface area contributed by atoms with Crippen LogP contribution in [0.3, 0.4) is 0 Å². The Balaban J connectivity index is 1.86. The predicted octanol–water partition coefficient (Wildman–Crippen LogP) is 2.76. The van der Waals surface area contributed by atoms with Crippen LogP contribution in [0.2, 0.25) is 0 Å². The van der Waals surface area contributed by atoms with E-state index in [1.165, 1.54) is 4.68 Å². The molecule has 0 saturated carbocycles. The van der Waals surface area contributed by atoms with Crippen molar-refractivity contribution in [2.75, 3.05) is 6.54 Å². The summed E-state index contributed by atoms with van der Waals surface area (Å²) in [6, 6.07) is 18.8. The molecule has 0 unspecified atom stereocenters. The average Bonchev–Trinajstić information content (AvgIpc) is 2.71. The van der Waals surface area contributed by atoms with E-state index in [-0.39, 0.29) is 17.8 Å². The number of fused-ring (bicyclic) bond motifs is 1. The van der Waals surface area contributed by atoms with Gasteiger partial charge in [0.1, 0.15) is 0 Å². The Labute approximate surface area is 156 Å². The Kier molecular flexibility index (Phi) is 4.24. The molecule has 2 aromatic carbocycles. The molecule has 1 N–H and O–H groups in total. The van der Waals surface area contributed by atoms with Crippen LogP contribution in [0.4, 0.5) is 0 Å². The average molecular weight is 361 g/mol. The van der Waals surface area contributed by atoms with Crippen LogP contribution in [0, 0.1) is 0 Å². The van der Waals surface area contributed by atoms with E-state index in [4.69, 9.17) is 0 Å². The largest absolute Gasteiger partial charge is 0.502 e. The van der Waals surface area contributed by atoms with Crippen molar-refractivity contribution in [3.8, 4) is 5.75 Å². The molecule has 3 aromatic rings. The first-order valence-electron chi connectivity index (χ1n) is 8.79. The number of benzene rings is 2. The molecule has 0 radical (unpaired) electrons. The van der Waals surface area contributed by atoms with E-state index in [1.54, 1.807) is 4.90 Å². The summed E-state index contributed by atoms with van der Waals surface area (Å²) in [6.45, 7) is 2.33. The highest BCUT2D eigenvalue weighted by molar-refractivity contribution is 5.96. The van der Waals surface area contributed by atoms with E-state index in [1.807, 2.05) is 67.6 Å². The number of aromatic hydroxyl groups is 1. The van der Waals surface area contributed by atoms with Crippen molar-refractivity contribution in [3.05, 3.63) is 93.9 Å². The Morgan fingerprint density at radius 3 is 2.33 bits per heavy atom. The Morgan fingerprint density at radius 2 is 1.67 bits per heavy atom. The molecule has 0 fully saturated rings. The molecule has 2 atom stereocenters. The Bertz CT molecular complexity index is 1030. The second kappa shape index (κ2) is 6.72. The van der Waals surface area contributed by atoms with Gasteiger partial charge in [0.15, 0.2) is 11.4 Å². The molecule has 1 aliphatic rings. The zero-order valence-corrected chi connectivity index (χ0v) is 14.8. The van der Waals surface area contributed by atoms with Crippen LogP contribution >= 0.6 is 0 Å². The fraction of sp³-hybridized carbons (Fsp3) is 0.190. The maximum Gasteiger partial charge on any atom is 0.276 e. The number of hydrogen-bond donors (Lipinski definition) is 1. The van der Waals surface area contributed by atoms with Gasteiger partial charge in [-0.05, 0) is 18.1 Å². The molecule has 0 bridgehead atoms. The molecule has 0 aliphatic carbocycles. The topological polar surface area (TPSA) is 75.4 Å². The minimum Gasteiger partial charge on any atom is -0.502 e. The summed E-state index contributed by atoms with van der Waals surface area (Å²) in [6.07, 6.45) is 1.05. The first-order valence-corrected chi connectivity index (χ1v) is 8.79. The first-order chi connectivity index (χ1) is 13.1. The van der Waals surface area contributed by atoms with E-state index >= 15 is 0 Å². The molecule has 6 nitrogen and oxygen atoms in total. The monoisotopic (exact) mass is 361 g/mol. The fourth-order valence-corrected chi connectivity index (χ4v) is 3.54. The van der Waals surface area contributed by atoms with Crippen LogP contribution in [0.25, 0.3) is 0 Å². The van der Waals surface area contributed by atoms with Gasteiger partial charge in [-0.15, -0.1) is 0 Å². The van der Waals surface area contributed by atoms with Crippen molar-refractivity contribution < 1.29 is 9.90 Å². The van der Waals surface area contributed by atoms with Crippen molar-refractivity contribution in [1.29, 1.82) is 0 Å². The number of rotatable bonds is 3. The highest BCUT2D eigenvalue weighted by atomic mass is 16.3. The number of aromatic nitrogens is 2.